The first-order valence-corrected chi connectivity index (χ1v) is 8.10. The fourth-order valence-corrected chi connectivity index (χ4v) is 2.93. The summed E-state index contributed by atoms with van der Waals surface area (Å²) in [5.74, 6) is -0.805. The number of rotatable bonds is 8. The van der Waals surface area contributed by atoms with Gasteiger partial charge in [-0.05, 0) is 50.7 Å². The molecule has 1 aromatic rings. The Labute approximate surface area is 137 Å². The van der Waals surface area contributed by atoms with Crippen LogP contribution in [0.4, 0.5) is 0 Å². The topological polar surface area (TPSA) is 73.2 Å². The monoisotopic (exact) mass is 322 g/mol. The third-order valence-electron chi connectivity index (χ3n) is 4.20. The molecule has 0 amide bonds. The van der Waals surface area contributed by atoms with Crippen LogP contribution < -0.4 is 0 Å². The largest absolute Gasteiger partial charge is 0.508 e. The summed E-state index contributed by atoms with van der Waals surface area (Å²) >= 11 is 0. The van der Waals surface area contributed by atoms with Gasteiger partial charge in [-0.25, -0.2) is 0 Å². The number of unbranched alkanes of at least 4 members (excludes halogenated alkanes) is 1. The minimum Gasteiger partial charge on any atom is -0.508 e. The van der Waals surface area contributed by atoms with Crippen molar-refractivity contribution >= 4 is 5.97 Å². The molecule has 2 rings (SSSR count). The van der Waals surface area contributed by atoms with Gasteiger partial charge in [0, 0.05) is 13.1 Å². The molecule has 6 heteroatoms. The SMILES string of the molecule is CN(CCCCN1CCOCC1)C(C(=O)O)c1cccc(O)c1. The summed E-state index contributed by atoms with van der Waals surface area (Å²) in [6.07, 6.45) is 1.98. The van der Waals surface area contributed by atoms with Crippen molar-refractivity contribution in [2.24, 2.45) is 0 Å². The van der Waals surface area contributed by atoms with E-state index in [9.17, 15) is 15.0 Å². The Bertz CT molecular complexity index is 503. The van der Waals surface area contributed by atoms with Gasteiger partial charge in [-0.15, -0.1) is 0 Å². The molecular formula is C17H26N2O4. The highest BCUT2D eigenvalue weighted by Gasteiger charge is 2.24. The standard InChI is InChI=1S/C17H26N2O4/c1-18(7-2-3-8-19-9-11-23-12-10-19)16(17(21)22)14-5-4-6-15(20)13-14/h4-6,13,16,20H,2-3,7-12H2,1H3,(H,21,22). The molecule has 1 aromatic carbocycles. The molecule has 1 unspecified atom stereocenters. The van der Waals surface area contributed by atoms with E-state index < -0.39 is 12.0 Å². The van der Waals surface area contributed by atoms with Crippen LogP contribution in [0.15, 0.2) is 24.3 Å². The van der Waals surface area contributed by atoms with Gasteiger partial charge in [0.15, 0.2) is 0 Å². The van der Waals surface area contributed by atoms with Gasteiger partial charge >= 0.3 is 5.97 Å². The van der Waals surface area contributed by atoms with Crippen LogP contribution in [0.3, 0.4) is 0 Å². The van der Waals surface area contributed by atoms with E-state index >= 15 is 0 Å². The van der Waals surface area contributed by atoms with Crippen LogP contribution in [-0.2, 0) is 9.53 Å². The number of phenolic OH excluding ortho intramolecular Hbond substituents is 1. The average molecular weight is 322 g/mol. The minimum absolute atomic E-state index is 0.0921. The predicted octanol–water partition coefficient (Wildman–Crippen LogP) is 1.56. The van der Waals surface area contributed by atoms with Gasteiger partial charge in [0.05, 0.1) is 13.2 Å². The number of phenols is 1. The summed E-state index contributed by atoms with van der Waals surface area (Å²) in [7, 11) is 1.82. The number of aliphatic carboxylic acids is 1. The fourth-order valence-electron chi connectivity index (χ4n) is 2.93. The molecule has 0 bridgehead atoms. The molecule has 1 aliphatic rings. The van der Waals surface area contributed by atoms with Gasteiger partial charge in [0.25, 0.3) is 0 Å². The molecule has 23 heavy (non-hydrogen) atoms. The number of benzene rings is 1. The van der Waals surface area contributed by atoms with Crippen LogP contribution in [0.2, 0.25) is 0 Å². The first kappa shape index (κ1) is 17.7. The lowest BCUT2D eigenvalue weighted by Crippen LogP contribution is -2.37. The highest BCUT2D eigenvalue weighted by molar-refractivity contribution is 5.75. The second-order valence-electron chi connectivity index (χ2n) is 5.98. The Hall–Kier alpha value is -1.63. The van der Waals surface area contributed by atoms with Crippen molar-refractivity contribution < 1.29 is 19.7 Å². The minimum atomic E-state index is -0.897. The smallest absolute Gasteiger partial charge is 0.325 e. The lowest BCUT2D eigenvalue weighted by atomic mass is 10.1. The van der Waals surface area contributed by atoms with Gasteiger partial charge < -0.3 is 14.9 Å². The zero-order valence-corrected chi connectivity index (χ0v) is 13.6. The quantitative estimate of drug-likeness (QED) is 0.708. The third kappa shape index (κ3) is 5.49. The van der Waals surface area contributed by atoms with Crippen molar-refractivity contribution in [3.05, 3.63) is 29.8 Å². The highest BCUT2D eigenvalue weighted by atomic mass is 16.5. The zero-order chi connectivity index (χ0) is 16.7. The Kier molecular flexibility index (Phi) is 6.83. The van der Waals surface area contributed by atoms with Crippen molar-refractivity contribution in [3.63, 3.8) is 0 Å². The molecule has 128 valence electrons. The summed E-state index contributed by atoms with van der Waals surface area (Å²) in [5.41, 5.74) is 0.605. The van der Waals surface area contributed by atoms with Crippen LogP contribution in [-0.4, -0.2) is 72.4 Å². The Morgan fingerprint density at radius 2 is 2.09 bits per heavy atom. The van der Waals surface area contributed by atoms with Crippen molar-refractivity contribution in [3.8, 4) is 5.75 Å². The molecule has 0 aromatic heterocycles. The summed E-state index contributed by atoms with van der Waals surface area (Å²) in [6.45, 7) is 5.31. The van der Waals surface area contributed by atoms with Crippen LogP contribution in [0, 0.1) is 0 Å². The summed E-state index contributed by atoms with van der Waals surface area (Å²) in [5, 5.41) is 19.1. The lowest BCUT2D eigenvalue weighted by molar-refractivity contribution is -0.143. The average Bonchev–Trinajstić information content (AvgIpc) is 2.52. The maximum atomic E-state index is 11.6. The Morgan fingerprint density at radius 3 is 2.74 bits per heavy atom. The third-order valence-corrected chi connectivity index (χ3v) is 4.20. The molecule has 1 fully saturated rings. The number of hydrogen-bond donors (Lipinski definition) is 2. The van der Waals surface area contributed by atoms with Gasteiger partial charge in [0.2, 0.25) is 0 Å². The predicted molar refractivity (Wildman–Crippen MR) is 87.6 cm³/mol. The molecule has 0 spiro atoms. The number of morpholine rings is 1. The molecule has 1 atom stereocenters. The van der Waals surface area contributed by atoms with E-state index in [-0.39, 0.29) is 5.75 Å². The molecule has 1 aliphatic heterocycles. The Morgan fingerprint density at radius 1 is 1.35 bits per heavy atom. The maximum Gasteiger partial charge on any atom is 0.325 e. The normalized spacial score (nSPS) is 17.3. The lowest BCUT2D eigenvalue weighted by Gasteiger charge is -2.28. The summed E-state index contributed by atoms with van der Waals surface area (Å²) in [4.78, 5) is 15.8. The molecule has 1 saturated heterocycles. The number of likely N-dealkylation sites (N-methyl/N-ethyl adjacent to an activating group) is 1. The van der Waals surface area contributed by atoms with E-state index in [1.54, 1.807) is 18.2 Å². The van der Waals surface area contributed by atoms with Crippen molar-refractivity contribution in [1.29, 1.82) is 0 Å². The van der Waals surface area contributed by atoms with E-state index in [1.165, 1.54) is 6.07 Å². The van der Waals surface area contributed by atoms with Crippen LogP contribution >= 0.6 is 0 Å². The van der Waals surface area contributed by atoms with E-state index in [0.717, 1.165) is 45.7 Å². The maximum absolute atomic E-state index is 11.6. The van der Waals surface area contributed by atoms with Crippen molar-refractivity contribution in [1.82, 2.24) is 9.80 Å². The Balaban J connectivity index is 1.81. The van der Waals surface area contributed by atoms with Crippen LogP contribution in [0.1, 0.15) is 24.4 Å². The van der Waals surface area contributed by atoms with Gasteiger partial charge in [-0.1, -0.05) is 12.1 Å². The van der Waals surface area contributed by atoms with Gasteiger partial charge in [0.1, 0.15) is 11.8 Å². The zero-order valence-electron chi connectivity index (χ0n) is 13.6. The number of ether oxygens (including phenoxy) is 1. The number of aromatic hydroxyl groups is 1. The molecule has 1 heterocycles. The van der Waals surface area contributed by atoms with Crippen LogP contribution in [0.25, 0.3) is 0 Å². The first-order valence-electron chi connectivity index (χ1n) is 8.10. The number of carboxylic acids is 1. The number of hydrogen-bond acceptors (Lipinski definition) is 5. The van der Waals surface area contributed by atoms with Gasteiger partial charge in [-0.3, -0.25) is 14.6 Å². The van der Waals surface area contributed by atoms with E-state index in [4.69, 9.17) is 4.74 Å². The molecule has 6 nitrogen and oxygen atoms in total. The molecule has 0 radical (unpaired) electrons. The number of carboxylic acid groups (broad SMARTS) is 1. The summed E-state index contributed by atoms with van der Waals surface area (Å²) < 4.78 is 5.33. The molecule has 0 aliphatic carbocycles. The van der Waals surface area contributed by atoms with E-state index in [2.05, 4.69) is 4.90 Å². The van der Waals surface area contributed by atoms with Crippen molar-refractivity contribution in [2.75, 3.05) is 46.4 Å². The van der Waals surface area contributed by atoms with E-state index in [0.29, 0.717) is 12.1 Å². The second kappa shape index (κ2) is 8.86. The molecule has 0 saturated carbocycles. The number of carbonyl (C=O) groups is 1. The first-order chi connectivity index (χ1) is 11.1. The number of nitrogens with zero attached hydrogens (tertiary/aromatic N) is 2. The second-order valence-corrected chi connectivity index (χ2v) is 5.98. The van der Waals surface area contributed by atoms with Crippen molar-refractivity contribution in [2.45, 2.75) is 18.9 Å². The fraction of sp³-hybridized carbons (Fsp3) is 0.588. The van der Waals surface area contributed by atoms with E-state index in [1.807, 2.05) is 11.9 Å². The van der Waals surface area contributed by atoms with Crippen LogP contribution in [0.5, 0.6) is 5.75 Å². The van der Waals surface area contributed by atoms with Gasteiger partial charge in [-0.2, -0.15) is 0 Å². The summed E-state index contributed by atoms with van der Waals surface area (Å²) in [6, 6.07) is 5.74. The molecule has 2 N–H and O–H groups in total. The highest BCUT2D eigenvalue weighted by Crippen LogP contribution is 2.23. The molecular weight excluding hydrogens is 296 g/mol.